The number of anilines is 2. The molecule has 1 aliphatic carbocycles. The summed E-state index contributed by atoms with van der Waals surface area (Å²) in [5.74, 6) is 2.19. The van der Waals surface area contributed by atoms with Crippen molar-refractivity contribution in [2.24, 2.45) is 11.8 Å². The highest BCUT2D eigenvalue weighted by Crippen LogP contribution is 2.34. The third-order valence-corrected chi connectivity index (χ3v) is 3.88. The molecule has 0 aliphatic heterocycles. The Morgan fingerprint density at radius 1 is 1.44 bits per heavy atom. The maximum Gasteiger partial charge on any atom is 0.149 e. The first-order valence-corrected chi connectivity index (χ1v) is 6.13. The highest BCUT2D eigenvalue weighted by molar-refractivity contribution is 6.30. The first-order chi connectivity index (χ1) is 7.58. The Balaban J connectivity index is 2.09. The second-order valence-electron chi connectivity index (χ2n) is 4.76. The van der Waals surface area contributed by atoms with Crippen molar-refractivity contribution >= 4 is 23.1 Å². The molecule has 1 heterocycles. The highest BCUT2D eigenvalue weighted by atomic mass is 35.5. The van der Waals surface area contributed by atoms with E-state index in [2.05, 4.69) is 24.1 Å². The van der Waals surface area contributed by atoms with Crippen molar-refractivity contribution in [3.05, 3.63) is 17.3 Å². The van der Waals surface area contributed by atoms with Gasteiger partial charge >= 0.3 is 0 Å². The smallest absolute Gasteiger partial charge is 0.149 e. The lowest BCUT2D eigenvalue weighted by atomic mass is 9.98. The number of rotatable bonds is 2. The van der Waals surface area contributed by atoms with E-state index in [0.29, 0.717) is 22.7 Å². The predicted molar refractivity (Wildman–Crippen MR) is 68.6 cm³/mol. The molecule has 3 N–H and O–H groups in total. The minimum absolute atomic E-state index is 0.478. The number of nitrogens with one attached hydrogen (secondary N) is 1. The number of halogens is 1. The van der Waals surface area contributed by atoms with Gasteiger partial charge in [-0.05, 0) is 30.7 Å². The number of aromatic nitrogens is 1. The molecule has 0 bridgehead atoms. The fraction of sp³-hybridized carbons (Fsp3) is 0.583. The Labute approximate surface area is 101 Å². The molecule has 0 spiro atoms. The summed E-state index contributed by atoms with van der Waals surface area (Å²) in [5.41, 5.74) is 6.49. The van der Waals surface area contributed by atoms with Gasteiger partial charge in [0.05, 0.1) is 10.7 Å². The van der Waals surface area contributed by atoms with Crippen LogP contribution >= 0.6 is 11.6 Å². The third kappa shape index (κ3) is 2.24. The van der Waals surface area contributed by atoms with E-state index in [1.165, 1.54) is 12.8 Å². The predicted octanol–water partition coefficient (Wildman–Crippen LogP) is 3.16. The Morgan fingerprint density at radius 3 is 2.75 bits per heavy atom. The zero-order valence-electron chi connectivity index (χ0n) is 9.70. The summed E-state index contributed by atoms with van der Waals surface area (Å²) in [6.07, 6.45) is 4.09. The Bertz CT molecular complexity index is 381. The Kier molecular flexibility index (Phi) is 3.24. The molecule has 1 saturated carbocycles. The largest absolute Gasteiger partial charge is 0.396 e. The summed E-state index contributed by atoms with van der Waals surface area (Å²) in [7, 11) is 0. The lowest BCUT2D eigenvalue weighted by molar-refractivity contribution is 0.435. The molecule has 4 heteroatoms. The zero-order chi connectivity index (χ0) is 11.7. The van der Waals surface area contributed by atoms with Gasteiger partial charge in [0.25, 0.3) is 0 Å². The summed E-state index contributed by atoms with van der Waals surface area (Å²) in [6.45, 7) is 4.58. The molecule has 0 aromatic carbocycles. The first kappa shape index (κ1) is 11.5. The number of nitrogens with zero attached hydrogens (tertiary/aromatic N) is 1. The fourth-order valence-electron chi connectivity index (χ4n) is 2.32. The Morgan fingerprint density at radius 2 is 2.19 bits per heavy atom. The minimum Gasteiger partial charge on any atom is -0.396 e. The lowest BCUT2D eigenvalue weighted by Crippen LogP contribution is -2.25. The monoisotopic (exact) mass is 239 g/mol. The molecule has 1 fully saturated rings. The van der Waals surface area contributed by atoms with Crippen LogP contribution in [0.25, 0.3) is 0 Å². The normalized spacial score (nSPS) is 29.3. The SMILES string of the molecule is CC1CCC(Nc2ncc(Cl)cc2N)C1C. The third-order valence-electron chi connectivity index (χ3n) is 3.67. The van der Waals surface area contributed by atoms with Crippen LogP contribution in [-0.4, -0.2) is 11.0 Å². The molecule has 0 radical (unpaired) electrons. The highest BCUT2D eigenvalue weighted by Gasteiger charge is 2.30. The molecule has 1 aliphatic rings. The summed E-state index contributed by atoms with van der Waals surface area (Å²) in [5, 5.41) is 4.00. The van der Waals surface area contributed by atoms with Gasteiger partial charge in [0, 0.05) is 12.2 Å². The maximum absolute atomic E-state index is 5.87. The van der Waals surface area contributed by atoms with Crippen molar-refractivity contribution in [1.82, 2.24) is 4.98 Å². The van der Waals surface area contributed by atoms with Gasteiger partial charge in [0.15, 0.2) is 0 Å². The van der Waals surface area contributed by atoms with E-state index in [0.717, 1.165) is 11.7 Å². The van der Waals surface area contributed by atoms with Gasteiger partial charge in [-0.3, -0.25) is 0 Å². The standard InChI is InChI=1S/C12H18ClN3/c1-7-3-4-11(8(7)2)16-12-10(14)5-9(13)6-15-12/h5-8,11H,3-4,14H2,1-2H3,(H,15,16). The second-order valence-corrected chi connectivity index (χ2v) is 5.19. The van der Waals surface area contributed by atoms with Gasteiger partial charge in [-0.1, -0.05) is 25.4 Å². The van der Waals surface area contributed by atoms with Crippen LogP contribution < -0.4 is 11.1 Å². The van der Waals surface area contributed by atoms with Crippen molar-refractivity contribution in [2.75, 3.05) is 11.1 Å². The van der Waals surface area contributed by atoms with Gasteiger partial charge in [-0.2, -0.15) is 0 Å². The minimum atomic E-state index is 0.478. The average molecular weight is 240 g/mol. The van der Waals surface area contributed by atoms with Crippen molar-refractivity contribution in [3.63, 3.8) is 0 Å². The van der Waals surface area contributed by atoms with E-state index < -0.39 is 0 Å². The molecule has 1 aromatic heterocycles. The quantitative estimate of drug-likeness (QED) is 0.834. The van der Waals surface area contributed by atoms with E-state index in [-0.39, 0.29) is 0 Å². The van der Waals surface area contributed by atoms with Crippen LogP contribution in [0, 0.1) is 11.8 Å². The topological polar surface area (TPSA) is 50.9 Å². The molecule has 2 rings (SSSR count). The van der Waals surface area contributed by atoms with E-state index in [4.69, 9.17) is 17.3 Å². The zero-order valence-corrected chi connectivity index (χ0v) is 10.5. The lowest BCUT2D eigenvalue weighted by Gasteiger charge is -2.21. The molecule has 3 nitrogen and oxygen atoms in total. The van der Waals surface area contributed by atoms with Crippen LogP contribution in [0.5, 0.6) is 0 Å². The summed E-state index contributed by atoms with van der Waals surface area (Å²) < 4.78 is 0. The number of nitrogen functional groups attached to an aromatic ring is 1. The molecular formula is C12H18ClN3. The first-order valence-electron chi connectivity index (χ1n) is 5.75. The van der Waals surface area contributed by atoms with Crippen LogP contribution in [0.2, 0.25) is 5.02 Å². The van der Waals surface area contributed by atoms with E-state index in [1.54, 1.807) is 12.3 Å². The van der Waals surface area contributed by atoms with E-state index >= 15 is 0 Å². The fourth-order valence-corrected chi connectivity index (χ4v) is 2.49. The number of hydrogen-bond acceptors (Lipinski definition) is 3. The Hall–Kier alpha value is -0.960. The van der Waals surface area contributed by atoms with Crippen molar-refractivity contribution in [1.29, 1.82) is 0 Å². The van der Waals surface area contributed by atoms with E-state index in [9.17, 15) is 0 Å². The maximum atomic E-state index is 5.87. The van der Waals surface area contributed by atoms with Gasteiger partial charge in [-0.25, -0.2) is 4.98 Å². The molecule has 3 atom stereocenters. The molecule has 0 saturated heterocycles. The molecule has 16 heavy (non-hydrogen) atoms. The van der Waals surface area contributed by atoms with Crippen molar-refractivity contribution in [2.45, 2.75) is 32.7 Å². The number of hydrogen-bond donors (Lipinski definition) is 2. The average Bonchev–Trinajstić information content (AvgIpc) is 2.54. The van der Waals surface area contributed by atoms with Crippen molar-refractivity contribution < 1.29 is 0 Å². The summed E-state index contributed by atoms with van der Waals surface area (Å²) in [6, 6.07) is 2.21. The molecule has 0 amide bonds. The van der Waals surface area contributed by atoms with Crippen LogP contribution in [0.15, 0.2) is 12.3 Å². The molecular weight excluding hydrogens is 222 g/mol. The molecule has 88 valence electrons. The van der Waals surface area contributed by atoms with Crippen LogP contribution in [-0.2, 0) is 0 Å². The number of pyridine rings is 1. The molecule has 1 aromatic rings. The van der Waals surface area contributed by atoms with Crippen LogP contribution in [0.1, 0.15) is 26.7 Å². The summed E-state index contributed by atoms with van der Waals surface area (Å²) >= 11 is 5.82. The van der Waals surface area contributed by atoms with Gasteiger partial charge in [0.2, 0.25) is 0 Å². The van der Waals surface area contributed by atoms with Crippen LogP contribution in [0.4, 0.5) is 11.5 Å². The van der Waals surface area contributed by atoms with Gasteiger partial charge in [0.1, 0.15) is 5.82 Å². The van der Waals surface area contributed by atoms with Crippen molar-refractivity contribution in [3.8, 4) is 0 Å². The van der Waals surface area contributed by atoms with E-state index in [1.807, 2.05) is 0 Å². The van der Waals surface area contributed by atoms with Gasteiger partial charge < -0.3 is 11.1 Å². The molecule has 3 unspecified atom stereocenters. The summed E-state index contributed by atoms with van der Waals surface area (Å²) in [4.78, 5) is 4.23. The number of nitrogens with two attached hydrogens (primary N) is 1. The van der Waals surface area contributed by atoms with Crippen LogP contribution in [0.3, 0.4) is 0 Å². The second kappa shape index (κ2) is 4.50. The van der Waals surface area contributed by atoms with Gasteiger partial charge in [-0.15, -0.1) is 0 Å².